The molecular weight excluding hydrogens is 162 g/mol. The normalized spacial score (nSPS) is 13.2. The summed E-state index contributed by atoms with van der Waals surface area (Å²) in [6, 6.07) is 0.219. The van der Waals surface area contributed by atoms with E-state index >= 15 is 0 Å². The molecule has 13 heavy (non-hydrogen) atoms. The molecule has 0 amide bonds. The highest BCUT2D eigenvalue weighted by Gasteiger charge is 2.00. The summed E-state index contributed by atoms with van der Waals surface area (Å²) in [5.41, 5.74) is 5.77. The van der Waals surface area contributed by atoms with Gasteiger partial charge in [0.2, 0.25) is 0 Å². The summed E-state index contributed by atoms with van der Waals surface area (Å²) in [4.78, 5) is 0. The van der Waals surface area contributed by atoms with Crippen molar-refractivity contribution < 1.29 is 5.11 Å². The first-order valence-electron chi connectivity index (χ1n) is 5.67. The van der Waals surface area contributed by atoms with E-state index in [-0.39, 0.29) is 12.6 Å². The van der Waals surface area contributed by atoms with Crippen molar-refractivity contribution in [2.45, 2.75) is 64.3 Å². The summed E-state index contributed by atoms with van der Waals surface area (Å²) >= 11 is 0. The number of rotatable bonds is 9. The van der Waals surface area contributed by atoms with Gasteiger partial charge in [-0.1, -0.05) is 45.4 Å². The summed E-state index contributed by atoms with van der Waals surface area (Å²) < 4.78 is 0. The Kier molecular flexibility index (Phi) is 9.94. The van der Waals surface area contributed by atoms with Crippen molar-refractivity contribution in [2.75, 3.05) is 6.61 Å². The summed E-state index contributed by atoms with van der Waals surface area (Å²) in [7, 11) is 0. The predicted octanol–water partition coefficient (Wildman–Crippen LogP) is 2.45. The summed E-state index contributed by atoms with van der Waals surface area (Å²) in [5, 5.41) is 8.63. The Morgan fingerprint density at radius 3 is 2.23 bits per heavy atom. The quantitative estimate of drug-likeness (QED) is 0.545. The zero-order valence-corrected chi connectivity index (χ0v) is 8.97. The SMILES string of the molecule is CCCCCCCCC(N)CCO. The molecule has 1 atom stereocenters. The Labute approximate surface area is 82.5 Å². The number of hydrogen-bond donors (Lipinski definition) is 2. The van der Waals surface area contributed by atoms with Gasteiger partial charge >= 0.3 is 0 Å². The second-order valence-electron chi connectivity index (χ2n) is 3.83. The first-order valence-corrected chi connectivity index (χ1v) is 5.67. The molecule has 3 N–H and O–H groups in total. The van der Waals surface area contributed by atoms with E-state index in [1.165, 1.54) is 38.5 Å². The molecule has 2 heteroatoms. The molecule has 0 fully saturated rings. The fourth-order valence-electron chi connectivity index (χ4n) is 1.50. The van der Waals surface area contributed by atoms with Crippen LogP contribution in [0.3, 0.4) is 0 Å². The van der Waals surface area contributed by atoms with Gasteiger partial charge < -0.3 is 10.8 Å². The topological polar surface area (TPSA) is 46.2 Å². The molecule has 0 saturated carbocycles. The first kappa shape index (κ1) is 12.9. The van der Waals surface area contributed by atoms with E-state index in [0.717, 1.165) is 12.8 Å². The van der Waals surface area contributed by atoms with E-state index in [9.17, 15) is 0 Å². The molecule has 0 heterocycles. The van der Waals surface area contributed by atoms with Crippen molar-refractivity contribution in [3.05, 3.63) is 0 Å². The molecule has 0 radical (unpaired) electrons. The van der Waals surface area contributed by atoms with Crippen molar-refractivity contribution >= 4 is 0 Å². The van der Waals surface area contributed by atoms with E-state index in [1.807, 2.05) is 0 Å². The van der Waals surface area contributed by atoms with Gasteiger partial charge in [0.15, 0.2) is 0 Å². The molecule has 0 aliphatic carbocycles. The fourth-order valence-corrected chi connectivity index (χ4v) is 1.50. The monoisotopic (exact) mass is 187 g/mol. The Balaban J connectivity index is 2.97. The van der Waals surface area contributed by atoms with Crippen LogP contribution in [0.4, 0.5) is 0 Å². The minimum Gasteiger partial charge on any atom is -0.396 e. The molecule has 0 aliphatic rings. The summed E-state index contributed by atoms with van der Waals surface area (Å²) in [5.74, 6) is 0. The van der Waals surface area contributed by atoms with Crippen molar-refractivity contribution in [1.82, 2.24) is 0 Å². The summed E-state index contributed by atoms with van der Waals surface area (Å²) in [6.45, 7) is 2.47. The van der Waals surface area contributed by atoms with Crippen molar-refractivity contribution in [1.29, 1.82) is 0 Å². The zero-order chi connectivity index (χ0) is 9.94. The highest BCUT2D eigenvalue weighted by molar-refractivity contribution is 4.60. The van der Waals surface area contributed by atoms with E-state index < -0.39 is 0 Å². The number of nitrogens with two attached hydrogens (primary N) is 1. The average molecular weight is 187 g/mol. The maximum Gasteiger partial charge on any atom is 0.0445 e. The lowest BCUT2D eigenvalue weighted by molar-refractivity contribution is 0.271. The van der Waals surface area contributed by atoms with Crippen LogP contribution in [0, 0.1) is 0 Å². The lowest BCUT2D eigenvalue weighted by atomic mass is 10.0. The molecule has 0 aromatic rings. The van der Waals surface area contributed by atoms with Crippen LogP contribution in [0.1, 0.15) is 58.3 Å². The minimum absolute atomic E-state index is 0.219. The second-order valence-corrected chi connectivity index (χ2v) is 3.83. The second kappa shape index (κ2) is 10.0. The number of hydrogen-bond acceptors (Lipinski definition) is 2. The summed E-state index contributed by atoms with van der Waals surface area (Å²) in [6.07, 6.45) is 9.75. The van der Waals surface area contributed by atoms with Crippen molar-refractivity contribution in [3.8, 4) is 0 Å². The van der Waals surface area contributed by atoms with Gasteiger partial charge in [0.25, 0.3) is 0 Å². The molecule has 2 nitrogen and oxygen atoms in total. The third-order valence-corrected chi connectivity index (χ3v) is 2.43. The third kappa shape index (κ3) is 9.84. The van der Waals surface area contributed by atoms with Gasteiger partial charge in [-0.15, -0.1) is 0 Å². The van der Waals surface area contributed by atoms with Gasteiger partial charge in [-0.05, 0) is 12.8 Å². The van der Waals surface area contributed by atoms with Gasteiger partial charge in [0.05, 0.1) is 0 Å². The Bertz CT molecular complexity index is 96.1. The van der Waals surface area contributed by atoms with Crippen LogP contribution in [-0.4, -0.2) is 17.8 Å². The van der Waals surface area contributed by atoms with E-state index in [2.05, 4.69) is 6.92 Å². The fraction of sp³-hybridized carbons (Fsp3) is 1.00. The van der Waals surface area contributed by atoms with Gasteiger partial charge in [-0.3, -0.25) is 0 Å². The smallest absolute Gasteiger partial charge is 0.0445 e. The van der Waals surface area contributed by atoms with E-state index in [1.54, 1.807) is 0 Å². The molecule has 1 unspecified atom stereocenters. The van der Waals surface area contributed by atoms with Crippen LogP contribution in [0.15, 0.2) is 0 Å². The highest BCUT2D eigenvalue weighted by atomic mass is 16.3. The van der Waals surface area contributed by atoms with Crippen LogP contribution >= 0.6 is 0 Å². The first-order chi connectivity index (χ1) is 6.31. The largest absolute Gasteiger partial charge is 0.396 e. The molecule has 0 saturated heterocycles. The number of aliphatic hydroxyl groups is 1. The van der Waals surface area contributed by atoms with E-state index in [4.69, 9.17) is 10.8 Å². The minimum atomic E-state index is 0.219. The number of unbranched alkanes of at least 4 members (excludes halogenated alkanes) is 5. The molecule has 0 spiro atoms. The average Bonchev–Trinajstić information content (AvgIpc) is 2.11. The van der Waals surface area contributed by atoms with Crippen molar-refractivity contribution in [3.63, 3.8) is 0 Å². The standard InChI is InChI=1S/C11H25NO/c1-2-3-4-5-6-7-8-11(12)9-10-13/h11,13H,2-10,12H2,1H3. The van der Waals surface area contributed by atoms with E-state index in [0.29, 0.717) is 0 Å². The highest BCUT2D eigenvalue weighted by Crippen LogP contribution is 2.08. The zero-order valence-electron chi connectivity index (χ0n) is 8.97. The van der Waals surface area contributed by atoms with Gasteiger partial charge in [-0.2, -0.15) is 0 Å². The van der Waals surface area contributed by atoms with Crippen molar-refractivity contribution in [2.24, 2.45) is 5.73 Å². The van der Waals surface area contributed by atoms with Gasteiger partial charge in [-0.25, -0.2) is 0 Å². The van der Waals surface area contributed by atoms with Gasteiger partial charge in [0.1, 0.15) is 0 Å². The Morgan fingerprint density at radius 2 is 1.62 bits per heavy atom. The molecule has 0 rings (SSSR count). The maximum absolute atomic E-state index is 8.63. The number of aliphatic hydroxyl groups excluding tert-OH is 1. The Hall–Kier alpha value is -0.0800. The predicted molar refractivity (Wildman–Crippen MR) is 57.7 cm³/mol. The molecule has 0 aromatic carbocycles. The lowest BCUT2D eigenvalue weighted by Crippen LogP contribution is -2.20. The van der Waals surface area contributed by atoms with Crippen LogP contribution < -0.4 is 5.73 Å². The molecular formula is C11H25NO. The lowest BCUT2D eigenvalue weighted by Gasteiger charge is -2.08. The van der Waals surface area contributed by atoms with Crippen LogP contribution in [0.2, 0.25) is 0 Å². The third-order valence-electron chi connectivity index (χ3n) is 2.43. The Morgan fingerprint density at radius 1 is 1.00 bits per heavy atom. The van der Waals surface area contributed by atoms with Crippen LogP contribution in [-0.2, 0) is 0 Å². The molecule has 0 aromatic heterocycles. The van der Waals surface area contributed by atoms with Gasteiger partial charge in [0, 0.05) is 12.6 Å². The van der Waals surface area contributed by atoms with Crippen LogP contribution in [0.25, 0.3) is 0 Å². The van der Waals surface area contributed by atoms with Crippen LogP contribution in [0.5, 0.6) is 0 Å². The molecule has 0 aliphatic heterocycles. The molecule has 80 valence electrons. The molecule has 0 bridgehead atoms. The maximum atomic E-state index is 8.63.